The number of hydrogen-bond acceptors (Lipinski definition) is 4. The molecule has 1 aromatic carbocycles. The van der Waals surface area contributed by atoms with E-state index in [0.717, 1.165) is 30.4 Å². The number of nitrogens with zero attached hydrogens (tertiary/aromatic N) is 2. The highest BCUT2D eigenvalue weighted by Gasteiger charge is 2.20. The van der Waals surface area contributed by atoms with Gasteiger partial charge < -0.3 is 4.74 Å². The highest BCUT2D eigenvalue weighted by molar-refractivity contribution is 5.75. The monoisotopic (exact) mass is 322 g/mol. The minimum absolute atomic E-state index is 0.0263. The summed E-state index contributed by atoms with van der Waals surface area (Å²) in [6.07, 6.45) is 10.5. The Morgan fingerprint density at radius 3 is 2.42 bits per heavy atom. The molecule has 24 heavy (non-hydrogen) atoms. The fourth-order valence-corrected chi connectivity index (χ4v) is 2.66. The summed E-state index contributed by atoms with van der Waals surface area (Å²) in [5, 5.41) is 0. The Morgan fingerprint density at radius 1 is 1.12 bits per heavy atom. The number of hydrogen-bond donors (Lipinski definition) is 0. The Balaban J connectivity index is 1.66. The molecule has 0 fully saturated rings. The maximum atomic E-state index is 12.1. The second-order valence-corrected chi connectivity index (χ2v) is 6.42. The van der Waals surface area contributed by atoms with Crippen LogP contribution < -0.4 is 4.74 Å². The van der Waals surface area contributed by atoms with Crippen molar-refractivity contribution in [1.82, 2.24) is 9.97 Å². The molecule has 1 aliphatic rings. The predicted molar refractivity (Wildman–Crippen MR) is 93.7 cm³/mol. The smallest absolute Gasteiger partial charge is 0.314 e. The molecule has 0 bridgehead atoms. The van der Waals surface area contributed by atoms with Gasteiger partial charge in [0.15, 0.2) is 5.82 Å². The standard InChI is InChI=1S/C20H22N2O2/c1-14(2)17-12-21-19(22-13-17)15-8-10-18(11-9-15)24-20(23)16-6-4-3-5-7-16/h3-4,8-14,16H,5-7H2,1-2H3. The van der Waals surface area contributed by atoms with Gasteiger partial charge in [-0.2, -0.15) is 0 Å². The molecule has 1 aromatic heterocycles. The molecular formula is C20H22N2O2. The van der Waals surface area contributed by atoms with Gasteiger partial charge in [-0.3, -0.25) is 4.79 Å². The Bertz CT molecular complexity index is 718. The Kier molecular flexibility index (Phi) is 5.04. The van der Waals surface area contributed by atoms with Crippen LogP contribution >= 0.6 is 0 Å². The molecule has 0 radical (unpaired) electrons. The first-order valence-electron chi connectivity index (χ1n) is 8.42. The number of rotatable bonds is 4. The highest BCUT2D eigenvalue weighted by Crippen LogP contribution is 2.24. The number of ether oxygens (including phenoxy) is 1. The third kappa shape index (κ3) is 3.88. The van der Waals surface area contributed by atoms with E-state index >= 15 is 0 Å². The summed E-state index contributed by atoms with van der Waals surface area (Å²) >= 11 is 0. The van der Waals surface area contributed by atoms with Crippen LogP contribution in [0.4, 0.5) is 0 Å². The number of aromatic nitrogens is 2. The number of esters is 1. The lowest BCUT2D eigenvalue weighted by atomic mass is 9.95. The zero-order valence-corrected chi connectivity index (χ0v) is 14.1. The van der Waals surface area contributed by atoms with E-state index in [0.29, 0.717) is 17.5 Å². The van der Waals surface area contributed by atoms with Crippen molar-refractivity contribution in [3.63, 3.8) is 0 Å². The molecule has 4 nitrogen and oxygen atoms in total. The van der Waals surface area contributed by atoms with Crippen molar-refractivity contribution in [2.45, 2.75) is 39.0 Å². The summed E-state index contributed by atoms with van der Waals surface area (Å²) in [4.78, 5) is 21.0. The molecule has 0 N–H and O–H groups in total. The molecule has 1 heterocycles. The van der Waals surface area contributed by atoms with Gasteiger partial charge in [0.1, 0.15) is 5.75 Å². The maximum Gasteiger partial charge on any atom is 0.314 e. The summed E-state index contributed by atoms with van der Waals surface area (Å²) in [5.41, 5.74) is 2.02. The van der Waals surface area contributed by atoms with E-state index in [2.05, 4.69) is 36.0 Å². The normalized spacial score (nSPS) is 17.0. The van der Waals surface area contributed by atoms with E-state index < -0.39 is 0 Å². The van der Waals surface area contributed by atoms with Gasteiger partial charge in [-0.1, -0.05) is 26.0 Å². The molecule has 1 unspecified atom stereocenters. The van der Waals surface area contributed by atoms with Crippen molar-refractivity contribution in [3.8, 4) is 17.1 Å². The Hall–Kier alpha value is -2.49. The molecule has 0 spiro atoms. The van der Waals surface area contributed by atoms with E-state index in [-0.39, 0.29) is 11.9 Å². The predicted octanol–water partition coefficient (Wildman–Crippen LogP) is 4.53. The minimum atomic E-state index is -0.148. The Morgan fingerprint density at radius 2 is 1.83 bits per heavy atom. The van der Waals surface area contributed by atoms with Crippen molar-refractivity contribution in [2.75, 3.05) is 0 Å². The number of allylic oxidation sites excluding steroid dienone is 2. The Labute approximate surface area is 142 Å². The summed E-state index contributed by atoms with van der Waals surface area (Å²) in [7, 11) is 0. The zero-order valence-electron chi connectivity index (χ0n) is 14.1. The van der Waals surface area contributed by atoms with Crippen LogP contribution in [0, 0.1) is 5.92 Å². The summed E-state index contributed by atoms with van der Waals surface area (Å²) in [6.45, 7) is 4.23. The molecule has 0 aliphatic heterocycles. The van der Waals surface area contributed by atoms with Gasteiger partial charge in [0, 0.05) is 18.0 Å². The number of carbonyl (C=O) groups excluding carboxylic acids is 1. The lowest BCUT2D eigenvalue weighted by Crippen LogP contribution is -2.21. The number of carbonyl (C=O) groups is 1. The highest BCUT2D eigenvalue weighted by atomic mass is 16.5. The summed E-state index contributed by atoms with van der Waals surface area (Å²) in [6, 6.07) is 7.36. The van der Waals surface area contributed by atoms with Gasteiger partial charge in [0.05, 0.1) is 5.92 Å². The van der Waals surface area contributed by atoms with Crippen LogP contribution in [0.3, 0.4) is 0 Å². The third-order valence-electron chi connectivity index (χ3n) is 4.27. The van der Waals surface area contributed by atoms with Crippen LogP contribution in [0.2, 0.25) is 0 Å². The van der Waals surface area contributed by atoms with E-state index in [1.165, 1.54) is 0 Å². The van der Waals surface area contributed by atoms with Gasteiger partial charge in [-0.15, -0.1) is 0 Å². The van der Waals surface area contributed by atoms with Crippen molar-refractivity contribution in [2.24, 2.45) is 5.92 Å². The zero-order chi connectivity index (χ0) is 16.9. The molecule has 0 amide bonds. The molecule has 2 aromatic rings. The fraction of sp³-hybridized carbons (Fsp3) is 0.350. The quantitative estimate of drug-likeness (QED) is 0.471. The lowest BCUT2D eigenvalue weighted by Gasteiger charge is -2.16. The SMILES string of the molecule is CC(C)c1cnc(-c2ccc(OC(=O)C3CC=CCC3)cc2)nc1. The van der Waals surface area contributed by atoms with Crippen LogP contribution in [0.5, 0.6) is 5.75 Å². The van der Waals surface area contributed by atoms with Gasteiger partial charge in [0.25, 0.3) is 0 Å². The van der Waals surface area contributed by atoms with Crippen molar-refractivity contribution < 1.29 is 9.53 Å². The van der Waals surface area contributed by atoms with Crippen LogP contribution in [0.1, 0.15) is 44.6 Å². The minimum Gasteiger partial charge on any atom is -0.426 e. The molecule has 1 aliphatic carbocycles. The van der Waals surface area contributed by atoms with Crippen LogP contribution in [0.15, 0.2) is 48.8 Å². The fourth-order valence-electron chi connectivity index (χ4n) is 2.66. The second kappa shape index (κ2) is 7.39. The average molecular weight is 322 g/mol. The molecule has 0 saturated carbocycles. The topological polar surface area (TPSA) is 52.1 Å². The largest absolute Gasteiger partial charge is 0.426 e. The first-order chi connectivity index (χ1) is 11.6. The van der Waals surface area contributed by atoms with E-state index in [1.54, 1.807) is 12.1 Å². The first-order valence-corrected chi connectivity index (χ1v) is 8.42. The van der Waals surface area contributed by atoms with Crippen LogP contribution in [-0.4, -0.2) is 15.9 Å². The van der Waals surface area contributed by atoms with E-state index in [1.807, 2.05) is 24.5 Å². The molecular weight excluding hydrogens is 300 g/mol. The lowest BCUT2D eigenvalue weighted by molar-refractivity contribution is -0.139. The average Bonchev–Trinajstić information content (AvgIpc) is 2.63. The van der Waals surface area contributed by atoms with Crippen molar-refractivity contribution >= 4 is 5.97 Å². The molecule has 124 valence electrons. The van der Waals surface area contributed by atoms with Gasteiger partial charge in [-0.25, -0.2) is 9.97 Å². The molecule has 3 rings (SSSR count). The first kappa shape index (κ1) is 16.4. The van der Waals surface area contributed by atoms with Crippen molar-refractivity contribution in [1.29, 1.82) is 0 Å². The molecule has 0 saturated heterocycles. The van der Waals surface area contributed by atoms with E-state index in [4.69, 9.17) is 4.74 Å². The third-order valence-corrected chi connectivity index (χ3v) is 4.27. The van der Waals surface area contributed by atoms with E-state index in [9.17, 15) is 4.79 Å². The summed E-state index contributed by atoms with van der Waals surface area (Å²) in [5.74, 6) is 1.48. The maximum absolute atomic E-state index is 12.1. The van der Waals surface area contributed by atoms with Crippen molar-refractivity contribution in [3.05, 3.63) is 54.4 Å². The van der Waals surface area contributed by atoms with Gasteiger partial charge >= 0.3 is 5.97 Å². The molecule has 1 atom stereocenters. The van der Waals surface area contributed by atoms with Crippen LogP contribution in [0.25, 0.3) is 11.4 Å². The second-order valence-electron chi connectivity index (χ2n) is 6.42. The van der Waals surface area contributed by atoms with Gasteiger partial charge in [-0.05, 0) is 55.0 Å². The van der Waals surface area contributed by atoms with Gasteiger partial charge in [0.2, 0.25) is 0 Å². The molecule has 4 heteroatoms. The van der Waals surface area contributed by atoms with Crippen LogP contribution in [-0.2, 0) is 4.79 Å². The summed E-state index contributed by atoms with van der Waals surface area (Å²) < 4.78 is 5.48. The number of benzene rings is 1.